The van der Waals surface area contributed by atoms with Crippen LogP contribution in [0.1, 0.15) is 10.6 Å². The van der Waals surface area contributed by atoms with Gasteiger partial charge in [-0.25, -0.2) is 4.79 Å². The maximum absolute atomic E-state index is 11.3. The van der Waals surface area contributed by atoms with Gasteiger partial charge in [-0.1, -0.05) is 30.3 Å². The van der Waals surface area contributed by atoms with Crippen LogP contribution in [0, 0.1) is 0 Å². The van der Waals surface area contributed by atoms with Crippen LogP contribution >= 0.6 is 15.9 Å². The molecular formula is C12H9BrO3. The predicted molar refractivity (Wildman–Crippen MR) is 63.2 cm³/mol. The monoisotopic (exact) mass is 280 g/mol. The van der Waals surface area contributed by atoms with Gasteiger partial charge in [-0.2, -0.15) is 0 Å². The molecule has 0 aliphatic heterocycles. The molecule has 0 spiro atoms. The fraction of sp³-hybridized carbons (Fsp3) is 0.0833. The van der Waals surface area contributed by atoms with Gasteiger partial charge < -0.3 is 9.15 Å². The van der Waals surface area contributed by atoms with Gasteiger partial charge in [0.15, 0.2) is 0 Å². The minimum absolute atomic E-state index is 0.188. The van der Waals surface area contributed by atoms with Gasteiger partial charge in [0.25, 0.3) is 0 Å². The Kier molecular flexibility index (Phi) is 3.10. The van der Waals surface area contributed by atoms with Gasteiger partial charge in [0.05, 0.1) is 11.6 Å². The van der Waals surface area contributed by atoms with Gasteiger partial charge >= 0.3 is 5.97 Å². The lowest BCUT2D eigenvalue weighted by molar-refractivity contribution is 0.0566. The summed E-state index contributed by atoms with van der Waals surface area (Å²) >= 11 is 3.35. The van der Waals surface area contributed by atoms with Crippen molar-refractivity contribution < 1.29 is 13.9 Å². The summed E-state index contributed by atoms with van der Waals surface area (Å²) in [6.45, 7) is 0. The third-order valence-electron chi connectivity index (χ3n) is 2.11. The molecule has 3 nitrogen and oxygen atoms in total. The number of halogens is 1. The molecule has 4 heteroatoms. The zero-order chi connectivity index (χ0) is 11.5. The average molecular weight is 281 g/mol. The minimum atomic E-state index is -0.483. The highest BCUT2D eigenvalue weighted by Crippen LogP contribution is 2.31. The van der Waals surface area contributed by atoms with E-state index in [2.05, 4.69) is 20.7 Å². The van der Waals surface area contributed by atoms with E-state index in [-0.39, 0.29) is 5.76 Å². The van der Waals surface area contributed by atoms with Gasteiger partial charge in [-0.3, -0.25) is 0 Å². The molecule has 0 N–H and O–H groups in total. The summed E-state index contributed by atoms with van der Waals surface area (Å²) in [5.41, 5.74) is 0.907. The highest BCUT2D eigenvalue weighted by molar-refractivity contribution is 9.10. The molecule has 0 fully saturated rings. The fourth-order valence-corrected chi connectivity index (χ4v) is 1.87. The van der Waals surface area contributed by atoms with Crippen molar-refractivity contribution in [3.8, 4) is 11.3 Å². The summed E-state index contributed by atoms with van der Waals surface area (Å²) in [5, 5.41) is 0. The van der Waals surface area contributed by atoms with Gasteiger partial charge in [0.2, 0.25) is 5.76 Å². The SMILES string of the molecule is COC(=O)c1cc(Br)c(-c2ccccc2)o1. The van der Waals surface area contributed by atoms with E-state index in [1.807, 2.05) is 30.3 Å². The van der Waals surface area contributed by atoms with Crippen LogP contribution in [-0.4, -0.2) is 13.1 Å². The molecule has 0 bridgehead atoms. The summed E-state index contributed by atoms with van der Waals surface area (Å²) in [5.74, 6) is 0.331. The lowest BCUT2D eigenvalue weighted by atomic mass is 10.2. The van der Waals surface area contributed by atoms with E-state index in [4.69, 9.17) is 4.42 Å². The lowest BCUT2D eigenvalue weighted by Crippen LogP contribution is -1.98. The molecule has 16 heavy (non-hydrogen) atoms. The molecule has 0 unspecified atom stereocenters. The summed E-state index contributed by atoms with van der Waals surface area (Å²) in [4.78, 5) is 11.3. The summed E-state index contributed by atoms with van der Waals surface area (Å²) in [6.07, 6.45) is 0. The number of rotatable bonds is 2. The zero-order valence-corrected chi connectivity index (χ0v) is 10.2. The van der Waals surface area contributed by atoms with Crippen LogP contribution in [0.2, 0.25) is 0 Å². The Morgan fingerprint density at radius 1 is 1.31 bits per heavy atom. The number of ether oxygens (including phenoxy) is 1. The molecule has 0 atom stereocenters. The van der Waals surface area contributed by atoms with E-state index in [1.165, 1.54) is 7.11 Å². The van der Waals surface area contributed by atoms with E-state index in [9.17, 15) is 4.79 Å². The summed E-state index contributed by atoms with van der Waals surface area (Å²) in [7, 11) is 1.32. The second kappa shape index (κ2) is 4.53. The van der Waals surface area contributed by atoms with E-state index < -0.39 is 5.97 Å². The van der Waals surface area contributed by atoms with Crippen LogP contribution < -0.4 is 0 Å². The lowest BCUT2D eigenvalue weighted by Gasteiger charge is -1.97. The standard InChI is InChI=1S/C12H9BrO3/c1-15-12(14)10-7-9(13)11(16-10)8-5-3-2-4-6-8/h2-7H,1H3. The number of benzene rings is 1. The summed E-state index contributed by atoms with van der Waals surface area (Å²) in [6, 6.07) is 11.1. The molecule has 2 aromatic rings. The molecule has 0 radical (unpaired) electrons. The van der Waals surface area contributed by atoms with Crippen molar-refractivity contribution in [2.75, 3.05) is 7.11 Å². The first-order valence-electron chi connectivity index (χ1n) is 4.65. The fourth-order valence-electron chi connectivity index (χ4n) is 1.36. The van der Waals surface area contributed by atoms with Gasteiger partial charge in [-0.05, 0) is 15.9 Å². The summed E-state index contributed by atoms with van der Waals surface area (Å²) < 4.78 is 10.8. The van der Waals surface area contributed by atoms with E-state index in [0.717, 1.165) is 10.0 Å². The Bertz CT molecular complexity index is 502. The molecule has 2 rings (SSSR count). The number of carbonyl (C=O) groups excluding carboxylic acids is 1. The molecule has 1 aromatic heterocycles. The molecule has 0 saturated carbocycles. The zero-order valence-electron chi connectivity index (χ0n) is 8.57. The average Bonchev–Trinajstić information content (AvgIpc) is 2.71. The van der Waals surface area contributed by atoms with Crippen molar-refractivity contribution in [1.29, 1.82) is 0 Å². The maximum Gasteiger partial charge on any atom is 0.374 e. The first-order valence-corrected chi connectivity index (χ1v) is 5.44. The van der Waals surface area contributed by atoms with Crippen molar-refractivity contribution in [3.63, 3.8) is 0 Å². The Hall–Kier alpha value is -1.55. The van der Waals surface area contributed by atoms with Crippen LogP contribution in [0.5, 0.6) is 0 Å². The van der Waals surface area contributed by atoms with Crippen LogP contribution in [0.3, 0.4) is 0 Å². The first-order chi connectivity index (χ1) is 7.72. The Balaban J connectivity index is 2.44. The van der Waals surface area contributed by atoms with Crippen molar-refractivity contribution >= 4 is 21.9 Å². The Morgan fingerprint density at radius 3 is 2.62 bits per heavy atom. The van der Waals surface area contributed by atoms with Gasteiger partial charge in [-0.15, -0.1) is 0 Å². The van der Waals surface area contributed by atoms with Crippen molar-refractivity contribution in [2.45, 2.75) is 0 Å². The molecular weight excluding hydrogens is 272 g/mol. The minimum Gasteiger partial charge on any atom is -0.463 e. The van der Waals surface area contributed by atoms with E-state index in [1.54, 1.807) is 6.07 Å². The van der Waals surface area contributed by atoms with Gasteiger partial charge in [0, 0.05) is 11.6 Å². The topological polar surface area (TPSA) is 39.4 Å². The second-order valence-electron chi connectivity index (χ2n) is 3.15. The quantitative estimate of drug-likeness (QED) is 0.791. The molecule has 1 aromatic carbocycles. The Morgan fingerprint density at radius 2 is 2.00 bits per heavy atom. The number of carbonyl (C=O) groups is 1. The largest absolute Gasteiger partial charge is 0.463 e. The molecule has 1 heterocycles. The highest BCUT2D eigenvalue weighted by Gasteiger charge is 2.16. The van der Waals surface area contributed by atoms with Gasteiger partial charge in [0.1, 0.15) is 5.76 Å². The third kappa shape index (κ3) is 2.02. The molecule has 0 aliphatic carbocycles. The van der Waals surface area contributed by atoms with Crippen molar-refractivity contribution in [3.05, 3.63) is 46.6 Å². The number of furan rings is 1. The molecule has 0 saturated heterocycles. The van der Waals surface area contributed by atoms with Crippen LogP contribution in [0.15, 0.2) is 45.3 Å². The first kappa shape index (κ1) is 11.0. The number of esters is 1. The predicted octanol–water partition coefficient (Wildman–Crippen LogP) is 3.50. The molecule has 82 valence electrons. The van der Waals surface area contributed by atoms with Crippen LogP contribution in [0.25, 0.3) is 11.3 Å². The number of hydrogen-bond acceptors (Lipinski definition) is 3. The van der Waals surface area contributed by atoms with Crippen molar-refractivity contribution in [1.82, 2.24) is 0 Å². The van der Waals surface area contributed by atoms with Crippen LogP contribution in [-0.2, 0) is 4.74 Å². The maximum atomic E-state index is 11.3. The number of hydrogen-bond donors (Lipinski definition) is 0. The van der Waals surface area contributed by atoms with E-state index >= 15 is 0 Å². The molecule has 0 aliphatic rings. The smallest absolute Gasteiger partial charge is 0.374 e. The van der Waals surface area contributed by atoms with Crippen LogP contribution in [0.4, 0.5) is 0 Å². The third-order valence-corrected chi connectivity index (χ3v) is 2.70. The van der Waals surface area contributed by atoms with Crippen molar-refractivity contribution in [2.24, 2.45) is 0 Å². The second-order valence-corrected chi connectivity index (χ2v) is 4.00. The highest BCUT2D eigenvalue weighted by atomic mass is 79.9. The normalized spacial score (nSPS) is 10.1. The van der Waals surface area contributed by atoms with E-state index in [0.29, 0.717) is 5.76 Å². The molecule has 0 amide bonds. The number of methoxy groups -OCH3 is 1. The Labute approximate surface area is 101 Å².